The van der Waals surface area contributed by atoms with Crippen LogP contribution in [0, 0.1) is 5.82 Å². The summed E-state index contributed by atoms with van der Waals surface area (Å²) in [4.78, 5) is 10.9. The Morgan fingerprint density at radius 3 is 2.61 bits per heavy atom. The van der Waals surface area contributed by atoms with Gasteiger partial charge in [0.2, 0.25) is 0 Å². The molecule has 0 N–H and O–H groups in total. The van der Waals surface area contributed by atoms with E-state index in [1.165, 1.54) is 12.1 Å². The normalized spacial score (nSPS) is 10.7. The van der Waals surface area contributed by atoms with Gasteiger partial charge in [-0.25, -0.2) is 4.39 Å². The van der Waals surface area contributed by atoms with Crippen molar-refractivity contribution in [3.8, 4) is 11.4 Å². The molecule has 0 fully saturated rings. The Bertz CT molecular complexity index is 719. The molecule has 0 atom stereocenters. The number of hydrogen-bond donors (Lipinski definition) is 0. The van der Waals surface area contributed by atoms with Crippen molar-refractivity contribution >= 4 is 11.9 Å². The highest BCUT2D eigenvalue weighted by molar-refractivity contribution is 5.84. The third-order valence-electron chi connectivity index (χ3n) is 2.69. The van der Waals surface area contributed by atoms with Gasteiger partial charge in [0.05, 0.1) is 5.56 Å². The molecule has 0 amide bonds. The van der Waals surface area contributed by atoms with Crippen LogP contribution in [0.25, 0.3) is 17.0 Å². The van der Waals surface area contributed by atoms with Gasteiger partial charge in [-0.3, -0.25) is 9.20 Å². The second-order valence-electron chi connectivity index (χ2n) is 3.81. The van der Waals surface area contributed by atoms with Crippen LogP contribution in [0.3, 0.4) is 0 Å². The Morgan fingerprint density at radius 2 is 1.89 bits per heavy atom. The molecule has 2 heterocycles. The number of benzene rings is 1. The Labute approximate surface area is 102 Å². The maximum atomic E-state index is 12.9. The summed E-state index contributed by atoms with van der Waals surface area (Å²) in [5.74, 6) is 0.273. The van der Waals surface area contributed by atoms with Crippen molar-refractivity contribution < 1.29 is 9.18 Å². The average Bonchev–Trinajstić information content (AvgIpc) is 2.83. The zero-order valence-corrected chi connectivity index (χ0v) is 9.25. The molecule has 0 saturated heterocycles. The summed E-state index contributed by atoms with van der Waals surface area (Å²) in [7, 11) is 0. The van der Waals surface area contributed by atoms with Crippen molar-refractivity contribution in [2.75, 3.05) is 0 Å². The quantitative estimate of drug-likeness (QED) is 0.647. The summed E-state index contributed by atoms with van der Waals surface area (Å²) >= 11 is 0. The van der Waals surface area contributed by atoms with Crippen LogP contribution in [0.1, 0.15) is 10.4 Å². The van der Waals surface area contributed by atoms with E-state index in [4.69, 9.17) is 0 Å². The fourth-order valence-electron chi connectivity index (χ4n) is 1.82. The van der Waals surface area contributed by atoms with E-state index in [0.717, 1.165) is 11.8 Å². The number of aldehydes is 1. The number of carbonyl (C=O) groups is 1. The fourth-order valence-corrected chi connectivity index (χ4v) is 1.82. The van der Waals surface area contributed by atoms with Gasteiger partial charge in [0.25, 0.3) is 0 Å². The van der Waals surface area contributed by atoms with Crippen LogP contribution in [-0.2, 0) is 0 Å². The van der Waals surface area contributed by atoms with Crippen LogP contribution in [0.4, 0.5) is 4.39 Å². The summed E-state index contributed by atoms with van der Waals surface area (Å²) in [5.41, 5.74) is 1.71. The summed E-state index contributed by atoms with van der Waals surface area (Å²) in [6.45, 7) is 0. The topological polar surface area (TPSA) is 47.3 Å². The smallest absolute Gasteiger partial charge is 0.171 e. The van der Waals surface area contributed by atoms with Gasteiger partial charge in [-0.2, -0.15) is 0 Å². The number of halogens is 1. The molecule has 3 aromatic rings. The summed E-state index contributed by atoms with van der Waals surface area (Å²) in [6.07, 6.45) is 2.50. The van der Waals surface area contributed by atoms with Gasteiger partial charge >= 0.3 is 0 Å². The molecule has 0 spiro atoms. The molecule has 0 aliphatic heterocycles. The lowest BCUT2D eigenvalue weighted by atomic mass is 10.2. The maximum absolute atomic E-state index is 12.9. The number of carbonyl (C=O) groups excluding carboxylic acids is 1. The van der Waals surface area contributed by atoms with Crippen molar-refractivity contribution in [3.63, 3.8) is 0 Å². The largest absolute Gasteiger partial charge is 0.298 e. The molecule has 2 aromatic heterocycles. The molecular weight excluding hydrogens is 233 g/mol. The SMILES string of the molecule is O=Cc1cccn2c(-c3ccc(F)cc3)nnc12. The van der Waals surface area contributed by atoms with Crippen molar-refractivity contribution in [1.29, 1.82) is 0 Å². The van der Waals surface area contributed by atoms with Crippen LogP contribution in [-0.4, -0.2) is 20.9 Å². The first-order valence-electron chi connectivity index (χ1n) is 5.34. The zero-order chi connectivity index (χ0) is 12.5. The second kappa shape index (κ2) is 4.03. The Morgan fingerprint density at radius 1 is 1.11 bits per heavy atom. The Balaban J connectivity index is 2.24. The lowest BCUT2D eigenvalue weighted by molar-refractivity contribution is 0.112. The van der Waals surface area contributed by atoms with Gasteiger partial charge in [-0.1, -0.05) is 0 Å². The lowest BCUT2D eigenvalue weighted by Gasteiger charge is -2.00. The first-order chi connectivity index (χ1) is 8.79. The minimum absolute atomic E-state index is 0.304. The van der Waals surface area contributed by atoms with Crippen LogP contribution >= 0.6 is 0 Å². The molecule has 4 nitrogen and oxygen atoms in total. The summed E-state index contributed by atoms with van der Waals surface area (Å²) < 4.78 is 14.6. The van der Waals surface area contributed by atoms with E-state index in [1.807, 2.05) is 0 Å². The minimum Gasteiger partial charge on any atom is -0.298 e. The summed E-state index contributed by atoms with van der Waals surface area (Å²) in [6, 6.07) is 9.39. The van der Waals surface area contributed by atoms with Crippen molar-refractivity contribution in [2.24, 2.45) is 0 Å². The second-order valence-corrected chi connectivity index (χ2v) is 3.81. The number of aromatic nitrogens is 3. The average molecular weight is 241 g/mol. The lowest BCUT2D eigenvalue weighted by Crippen LogP contribution is -1.92. The van der Waals surface area contributed by atoms with Crippen molar-refractivity contribution in [2.45, 2.75) is 0 Å². The Kier molecular flexibility index (Phi) is 2.37. The van der Waals surface area contributed by atoms with E-state index >= 15 is 0 Å². The molecule has 0 saturated carbocycles. The molecule has 3 rings (SSSR count). The van der Waals surface area contributed by atoms with Gasteiger partial charge < -0.3 is 0 Å². The molecule has 1 aromatic carbocycles. The van der Waals surface area contributed by atoms with Gasteiger partial charge in [0.15, 0.2) is 17.8 Å². The minimum atomic E-state index is -0.304. The standard InChI is InChI=1S/C13H8FN3O/c14-11-5-3-9(4-6-11)12-15-16-13-10(8-18)2-1-7-17(12)13/h1-8H. The van der Waals surface area contributed by atoms with Gasteiger partial charge in [-0.05, 0) is 36.4 Å². The van der Waals surface area contributed by atoms with E-state index in [2.05, 4.69) is 10.2 Å². The maximum Gasteiger partial charge on any atom is 0.171 e. The predicted octanol–water partition coefficient (Wildman–Crippen LogP) is 2.35. The van der Waals surface area contributed by atoms with E-state index in [0.29, 0.717) is 17.0 Å². The van der Waals surface area contributed by atoms with Crippen molar-refractivity contribution in [1.82, 2.24) is 14.6 Å². The zero-order valence-electron chi connectivity index (χ0n) is 9.25. The fraction of sp³-hybridized carbons (Fsp3) is 0. The van der Waals surface area contributed by atoms with Crippen LogP contribution < -0.4 is 0 Å². The number of nitrogens with zero attached hydrogens (tertiary/aromatic N) is 3. The molecule has 0 aliphatic rings. The van der Waals surface area contributed by atoms with Crippen LogP contribution in [0.15, 0.2) is 42.6 Å². The predicted molar refractivity (Wildman–Crippen MR) is 63.8 cm³/mol. The number of rotatable bonds is 2. The van der Waals surface area contributed by atoms with Gasteiger partial charge in [-0.15, -0.1) is 10.2 Å². The molecular formula is C13H8FN3O. The molecule has 0 unspecified atom stereocenters. The first kappa shape index (κ1) is 10.6. The highest BCUT2D eigenvalue weighted by atomic mass is 19.1. The van der Waals surface area contributed by atoms with Crippen molar-refractivity contribution in [3.05, 3.63) is 54.0 Å². The van der Waals surface area contributed by atoms with Crippen LogP contribution in [0.2, 0.25) is 0 Å². The molecule has 0 bridgehead atoms. The Hall–Kier alpha value is -2.56. The van der Waals surface area contributed by atoms with Gasteiger partial charge in [0, 0.05) is 11.8 Å². The number of hydrogen-bond acceptors (Lipinski definition) is 3. The van der Waals surface area contributed by atoms with Gasteiger partial charge in [0.1, 0.15) is 5.82 Å². The molecule has 0 aliphatic carbocycles. The highest BCUT2D eigenvalue weighted by Crippen LogP contribution is 2.19. The van der Waals surface area contributed by atoms with E-state index in [9.17, 15) is 9.18 Å². The number of fused-ring (bicyclic) bond motifs is 1. The molecule has 5 heteroatoms. The monoisotopic (exact) mass is 241 g/mol. The number of pyridine rings is 1. The molecule has 88 valence electrons. The van der Waals surface area contributed by atoms with E-state index in [1.54, 1.807) is 34.9 Å². The highest BCUT2D eigenvalue weighted by Gasteiger charge is 2.10. The van der Waals surface area contributed by atoms with E-state index < -0.39 is 0 Å². The molecule has 0 radical (unpaired) electrons. The summed E-state index contributed by atoms with van der Waals surface area (Å²) in [5, 5.41) is 8.01. The molecule has 18 heavy (non-hydrogen) atoms. The van der Waals surface area contributed by atoms with Crippen LogP contribution in [0.5, 0.6) is 0 Å². The first-order valence-corrected chi connectivity index (χ1v) is 5.34. The third kappa shape index (κ3) is 1.57. The third-order valence-corrected chi connectivity index (χ3v) is 2.69. The van der Waals surface area contributed by atoms with E-state index in [-0.39, 0.29) is 5.82 Å².